The predicted molar refractivity (Wildman–Crippen MR) is 115 cm³/mol. The van der Waals surface area contributed by atoms with E-state index in [0.29, 0.717) is 11.7 Å². The van der Waals surface area contributed by atoms with Crippen molar-refractivity contribution >= 4 is 34.7 Å². The van der Waals surface area contributed by atoms with Crippen molar-refractivity contribution in [2.75, 3.05) is 36.0 Å². The monoisotopic (exact) mass is 414 g/mol. The summed E-state index contributed by atoms with van der Waals surface area (Å²) in [6.45, 7) is 7.47. The first-order valence-corrected chi connectivity index (χ1v) is 11.0. The molecule has 1 N–H and O–H groups in total. The van der Waals surface area contributed by atoms with E-state index in [0.717, 1.165) is 41.2 Å². The van der Waals surface area contributed by atoms with Gasteiger partial charge in [-0.3, -0.25) is 9.78 Å². The number of hydrogen-bond donors (Lipinski definition) is 1. The highest BCUT2D eigenvalue weighted by atomic mass is 32.2. The molecule has 9 heteroatoms. The minimum Gasteiger partial charge on any atom is -0.368 e. The van der Waals surface area contributed by atoms with Gasteiger partial charge >= 0.3 is 0 Å². The van der Waals surface area contributed by atoms with Crippen molar-refractivity contribution in [2.24, 2.45) is 0 Å². The SMILES string of the molecule is Cc1ccc(N2CCN(c3nc(CSc4nnc(C)s4)cc(=O)[nH]3)CC2)cc1. The zero-order valence-corrected chi connectivity index (χ0v) is 17.5. The molecule has 0 saturated carbocycles. The number of anilines is 2. The van der Waals surface area contributed by atoms with Crippen LogP contribution in [0, 0.1) is 13.8 Å². The van der Waals surface area contributed by atoms with E-state index >= 15 is 0 Å². The molecular weight excluding hydrogens is 392 g/mol. The highest BCUT2D eigenvalue weighted by Gasteiger charge is 2.19. The van der Waals surface area contributed by atoms with E-state index in [1.807, 2.05) is 6.92 Å². The Kier molecular flexibility index (Phi) is 5.63. The number of H-pyrrole nitrogens is 1. The molecular formula is C19H22N6OS2. The minimum atomic E-state index is -0.116. The second kappa shape index (κ2) is 8.32. The van der Waals surface area contributed by atoms with Crippen molar-refractivity contribution in [1.82, 2.24) is 20.2 Å². The molecule has 7 nitrogen and oxygen atoms in total. The third-order valence-corrected chi connectivity index (χ3v) is 6.62. The van der Waals surface area contributed by atoms with Gasteiger partial charge in [-0.15, -0.1) is 10.2 Å². The minimum absolute atomic E-state index is 0.116. The number of rotatable bonds is 5. The third kappa shape index (κ3) is 4.53. The van der Waals surface area contributed by atoms with E-state index in [2.05, 4.69) is 61.2 Å². The Morgan fingerprint density at radius 2 is 1.79 bits per heavy atom. The van der Waals surface area contributed by atoms with Gasteiger partial charge in [0.05, 0.1) is 5.69 Å². The number of hydrogen-bond acceptors (Lipinski definition) is 8. The molecule has 28 heavy (non-hydrogen) atoms. The van der Waals surface area contributed by atoms with Gasteiger partial charge in [-0.05, 0) is 26.0 Å². The number of aryl methyl sites for hydroxylation is 2. The maximum atomic E-state index is 12.1. The van der Waals surface area contributed by atoms with Crippen molar-refractivity contribution in [3.05, 3.63) is 57.0 Å². The first-order valence-electron chi connectivity index (χ1n) is 9.16. The molecule has 0 unspecified atom stereocenters. The number of nitrogens with one attached hydrogen (secondary N) is 1. The number of aromatic amines is 1. The number of nitrogens with zero attached hydrogens (tertiary/aromatic N) is 5. The molecule has 3 heterocycles. The third-order valence-electron chi connectivity index (χ3n) is 4.61. The summed E-state index contributed by atoms with van der Waals surface area (Å²) in [5.41, 5.74) is 3.15. The second-order valence-corrected chi connectivity index (χ2v) is 9.15. The number of aromatic nitrogens is 4. The van der Waals surface area contributed by atoms with Crippen molar-refractivity contribution < 1.29 is 0 Å². The summed E-state index contributed by atoms with van der Waals surface area (Å²) in [4.78, 5) is 24.2. The molecule has 0 atom stereocenters. The summed E-state index contributed by atoms with van der Waals surface area (Å²) in [6.07, 6.45) is 0. The van der Waals surface area contributed by atoms with Crippen LogP contribution in [0.2, 0.25) is 0 Å². The molecule has 0 spiro atoms. The summed E-state index contributed by atoms with van der Waals surface area (Å²) >= 11 is 3.11. The number of piperazine rings is 1. The maximum Gasteiger partial charge on any atom is 0.252 e. The second-order valence-electron chi connectivity index (χ2n) is 6.75. The molecule has 0 bridgehead atoms. The Bertz CT molecular complexity index is 992. The van der Waals surface area contributed by atoms with Gasteiger partial charge in [-0.2, -0.15) is 0 Å². The predicted octanol–water partition coefficient (Wildman–Crippen LogP) is 2.86. The van der Waals surface area contributed by atoms with Gasteiger partial charge in [-0.25, -0.2) is 4.98 Å². The topological polar surface area (TPSA) is 78.0 Å². The van der Waals surface area contributed by atoms with Gasteiger partial charge in [0.1, 0.15) is 5.01 Å². The summed E-state index contributed by atoms with van der Waals surface area (Å²) in [5, 5.41) is 9.07. The maximum absolute atomic E-state index is 12.1. The fraction of sp³-hybridized carbons (Fsp3) is 0.368. The van der Waals surface area contributed by atoms with Crippen LogP contribution in [0.15, 0.2) is 39.5 Å². The first-order chi connectivity index (χ1) is 13.6. The zero-order valence-electron chi connectivity index (χ0n) is 15.9. The molecule has 1 aliphatic heterocycles. The van der Waals surface area contributed by atoms with Crippen LogP contribution in [0.25, 0.3) is 0 Å². The lowest BCUT2D eigenvalue weighted by molar-refractivity contribution is 0.638. The summed E-state index contributed by atoms with van der Waals surface area (Å²) in [5.74, 6) is 1.26. The Labute approximate surface area is 171 Å². The Hall–Kier alpha value is -2.39. The molecule has 1 aliphatic rings. The van der Waals surface area contributed by atoms with Gasteiger partial charge in [0, 0.05) is 43.7 Å². The Morgan fingerprint density at radius 1 is 1.07 bits per heavy atom. The molecule has 2 aromatic heterocycles. The molecule has 3 aromatic rings. The van der Waals surface area contributed by atoms with Gasteiger partial charge in [0.2, 0.25) is 5.95 Å². The molecule has 0 amide bonds. The van der Waals surface area contributed by atoms with Crippen LogP contribution in [-0.4, -0.2) is 46.3 Å². The first kappa shape index (κ1) is 18.9. The Balaban J connectivity index is 1.41. The van der Waals surface area contributed by atoms with Crippen molar-refractivity contribution in [3.8, 4) is 0 Å². The van der Waals surface area contributed by atoms with Crippen LogP contribution in [-0.2, 0) is 5.75 Å². The van der Waals surface area contributed by atoms with Crippen molar-refractivity contribution in [1.29, 1.82) is 0 Å². The van der Waals surface area contributed by atoms with Crippen LogP contribution in [0.3, 0.4) is 0 Å². The van der Waals surface area contributed by atoms with E-state index in [-0.39, 0.29) is 5.56 Å². The zero-order chi connectivity index (χ0) is 19.5. The van der Waals surface area contributed by atoms with Crippen LogP contribution in [0.1, 0.15) is 16.3 Å². The Morgan fingerprint density at radius 3 is 2.46 bits per heavy atom. The highest BCUT2D eigenvalue weighted by molar-refractivity contribution is 8.00. The van der Waals surface area contributed by atoms with Crippen LogP contribution in [0.4, 0.5) is 11.6 Å². The molecule has 146 valence electrons. The van der Waals surface area contributed by atoms with Gasteiger partial charge < -0.3 is 9.80 Å². The summed E-state index contributed by atoms with van der Waals surface area (Å²) in [6, 6.07) is 10.2. The molecule has 0 radical (unpaired) electrons. The van der Waals surface area contributed by atoms with E-state index in [1.165, 1.54) is 11.3 Å². The molecule has 1 aromatic carbocycles. The van der Waals surface area contributed by atoms with E-state index < -0.39 is 0 Å². The summed E-state index contributed by atoms with van der Waals surface area (Å²) in [7, 11) is 0. The van der Waals surface area contributed by atoms with Gasteiger partial charge in [0.25, 0.3) is 5.56 Å². The van der Waals surface area contributed by atoms with Gasteiger partial charge in [0.15, 0.2) is 4.34 Å². The van der Waals surface area contributed by atoms with Crippen molar-refractivity contribution in [2.45, 2.75) is 23.9 Å². The largest absolute Gasteiger partial charge is 0.368 e. The normalized spacial score (nSPS) is 14.5. The van der Waals surface area contributed by atoms with Crippen LogP contribution in [0.5, 0.6) is 0 Å². The van der Waals surface area contributed by atoms with Crippen molar-refractivity contribution in [3.63, 3.8) is 0 Å². The van der Waals surface area contributed by atoms with E-state index in [1.54, 1.807) is 29.2 Å². The highest BCUT2D eigenvalue weighted by Crippen LogP contribution is 2.25. The lowest BCUT2D eigenvalue weighted by Crippen LogP contribution is -2.47. The van der Waals surface area contributed by atoms with E-state index in [9.17, 15) is 4.79 Å². The fourth-order valence-corrected chi connectivity index (χ4v) is 4.83. The average Bonchev–Trinajstić information content (AvgIpc) is 3.12. The average molecular weight is 415 g/mol. The molecule has 1 saturated heterocycles. The number of thioether (sulfide) groups is 1. The standard InChI is InChI=1S/C19H22N6OS2/c1-13-3-5-16(6-4-13)24-7-9-25(10-8-24)18-20-15(11-17(26)21-18)12-27-19-23-22-14(2)28-19/h3-6,11H,7-10,12H2,1-2H3,(H,20,21,26). The van der Waals surface area contributed by atoms with Crippen LogP contribution < -0.4 is 15.4 Å². The quantitative estimate of drug-likeness (QED) is 0.643. The lowest BCUT2D eigenvalue weighted by atomic mass is 10.2. The summed E-state index contributed by atoms with van der Waals surface area (Å²) < 4.78 is 0.896. The van der Waals surface area contributed by atoms with Crippen LogP contribution >= 0.6 is 23.1 Å². The molecule has 0 aliphatic carbocycles. The lowest BCUT2D eigenvalue weighted by Gasteiger charge is -2.36. The fourth-order valence-electron chi connectivity index (χ4n) is 3.12. The van der Waals surface area contributed by atoms with Gasteiger partial charge in [-0.1, -0.05) is 40.8 Å². The number of benzene rings is 1. The smallest absolute Gasteiger partial charge is 0.252 e. The molecule has 1 fully saturated rings. The van der Waals surface area contributed by atoms with E-state index in [4.69, 9.17) is 0 Å². The molecule has 4 rings (SSSR count).